The predicted molar refractivity (Wildman–Crippen MR) is 79.8 cm³/mol. The number of rotatable bonds is 3. The molecule has 0 N–H and O–H groups in total. The molecule has 18 heavy (non-hydrogen) atoms. The Bertz CT molecular complexity index is 664. The smallest absolute Gasteiger partial charge is 0.189 e. The molecule has 0 aliphatic heterocycles. The average Bonchev–Trinajstić information content (AvgIpc) is 2.88. The van der Waals surface area contributed by atoms with Gasteiger partial charge in [0.25, 0.3) is 0 Å². The van der Waals surface area contributed by atoms with E-state index in [1.165, 1.54) is 4.90 Å². The Morgan fingerprint density at radius 2 is 1.89 bits per heavy atom. The zero-order chi connectivity index (χ0) is 12.4. The lowest BCUT2D eigenvalue weighted by Crippen LogP contribution is -1.88. The molecular weight excluding hydrogens is 280 g/mol. The summed E-state index contributed by atoms with van der Waals surface area (Å²) in [6, 6.07) is 12.4. The van der Waals surface area contributed by atoms with Crippen LogP contribution in [0.5, 0.6) is 0 Å². The molecule has 0 amide bonds. The monoisotopic (exact) mass is 290 g/mol. The third-order valence-corrected chi connectivity index (χ3v) is 4.78. The topological polar surface area (TPSA) is 25.8 Å². The Kier molecular flexibility index (Phi) is 3.54. The van der Waals surface area contributed by atoms with Gasteiger partial charge in [-0.15, -0.1) is 11.3 Å². The summed E-state index contributed by atoms with van der Waals surface area (Å²) in [4.78, 5) is 11.4. The molecular formula is C13H10N2S3. The number of hydrogen-bond donors (Lipinski definition) is 0. The first-order chi connectivity index (χ1) is 8.86. The maximum Gasteiger partial charge on any atom is 0.189 e. The van der Waals surface area contributed by atoms with E-state index in [9.17, 15) is 0 Å². The molecule has 0 saturated heterocycles. The minimum absolute atomic E-state index is 0.836. The molecule has 0 spiro atoms. The zero-order valence-electron chi connectivity index (χ0n) is 9.66. The lowest BCUT2D eigenvalue weighted by Gasteiger charge is -2.04. The van der Waals surface area contributed by atoms with Crippen LogP contribution >= 0.6 is 34.9 Å². The fourth-order valence-electron chi connectivity index (χ4n) is 1.58. The molecule has 5 heteroatoms. The second-order valence-electron chi connectivity index (χ2n) is 3.57. The van der Waals surface area contributed by atoms with E-state index in [0.717, 1.165) is 20.4 Å². The summed E-state index contributed by atoms with van der Waals surface area (Å²) in [5, 5.41) is 5.09. The Morgan fingerprint density at radius 1 is 1.06 bits per heavy atom. The Hall–Kier alpha value is -1.04. The molecule has 1 aromatic carbocycles. The summed E-state index contributed by atoms with van der Waals surface area (Å²) >= 11 is 4.94. The van der Waals surface area contributed by atoms with Crippen LogP contribution in [0.3, 0.4) is 0 Å². The van der Waals surface area contributed by atoms with Gasteiger partial charge in [0.15, 0.2) is 5.16 Å². The van der Waals surface area contributed by atoms with Gasteiger partial charge in [-0.3, -0.25) is 0 Å². The summed E-state index contributed by atoms with van der Waals surface area (Å²) in [5.74, 6) is 0. The van der Waals surface area contributed by atoms with Gasteiger partial charge in [0, 0.05) is 10.3 Å². The van der Waals surface area contributed by atoms with Gasteiger partial charge in [-0.05, 0) is 29.8 Å². The van der Waals surface area contributed by atoms with Gasteiger partial charge in [-0.1, -0.05) is 41.7 Å². The molecule has 3 rings (SSSR count). The lowest BCUT2D eigenvalue weighted by atomic mass is 10.4. The molecule has 3 aromatic rings. The van der Waals surface area contributed by atoms with Crippen LogP contribution in [0.25, 0.3) is 10.2 Å². The quantitative estimate of drug-likeness (QED) is 0.401. The Balaban J connectivity index is 2.07. The Morgan fingerprint density at radius 3 is 2.67 bits per heavy atom. The lowest BCUT2D eigenvalue weighted by molar-refractivity contribution is 0.939. The van der Waals surface area contributed by atoms with Gasteiger partial charge in [0.2, 0.25) is 0 Å². The van der Waals surface area contributed by atoms with E-state index in [0.29, 0.717) is 0 Å². The van der Waals surface area contributed by atoms with E-state index < -0.39 is 0 Å². The molecule has 0 unspecified atom stereocenters. The van der Waals surface area contributed by atoms with Gasteiger partial charge >= 0.3 is 0 Å². The number of thiophene rings is 1. The van der Waals surface area contributed by atoms with Crippen molar-refractivity contribution in [3.63, 3.8) is 0 Å². The van der Waals surface area contributed by atoms with Crippen molar-refractivity contribution >= 4 is 45.1 Å². The summed E-state index contributed by atoms with van der Waals surface area (Å²) < 4.78 is 0. The van der Waals surface area contributed by atoms with Crippen LogP contribution in [-0.2, 0) is 0 Å². The first kappa shape index (κ1) is 12.0. The number of thioether (sulfide) groups is 1. The second-order valence-corrected chi connectivity index (χ2v) is 6.30. The van der Waals surface area contributed by atoms with Crippen molar-refractivity contribution < 1.29 is 0 Å². The molecule has 0 saturated carbocycles. The van der Waals surface area contributed by atoms with E-state index in [-0.39, 0.29) is 0 Å². The second kappa shape index (κ2) is 5.30. The largest absolute Gasteiger partial charge is 0.215 e. The molecule has 2 aromatic heterocycles. The maximum atomic E-state index is 4.61. The number of nitrogens with zero attached hydrogens (tertiary/aromatic N) is 2. The van der Waals surface area contributed by atoms with E-state index in [1.54, 1.807) is 34.9 Å². The molecule has 2 nitrogen and oxygen atoms in total. The van der Waals surface area contributed by atoms with Crippen molar-refractivity contribution in [1.29, 1.82) is 0 Å². The summed E-state index contributed by atoms with van der Waals surface area (Å²) in [5.41, 5.74) is 0. The van der Waals surface area contributed by atoms with Crippen LogP contribution in [-0.4, -0.2) is 16.2 Å². The number of benzene rings is 1. The van der Waals surface area contributed by atoms with Gasteiger partial charge in [-0.25, -0.2) is 9.97 Å². The van der Waals surface area contributed by atoms with Gasteiger partial charge in [-0.2, -0.15) is 0 Å². The third kappa shape index (κ3) is 2.39. The first-order valence-electron chi connectivity index (χ1n) is 5.39. The van der Waals surface area contributed by atoms with Crippen LogP contribution in [0.4, 0.5) is 0 Å². The van der Waals surface area contributed by atoms with Crippen molar-refractivity contribution in [3.05, 3.63) is 41.8 Å². The maximum absolute atomic E-state index is 4.61. The Labute approximate surface area is 118 Å². The highest BCUT2D eigenvalue weighted by atomic mass is 32.2. The van der Waals surface area contributed by atoms with Gasteiger partial charge in [0.05, 0.1) is 0 Å². The fourth-order valence-corrected chi connectivity index (χ4v) is 3.81. The van der Waals surface area contributed by atoms with E-state index in [1.807, 2.05) is 24.5 Å². The van der Waals surface area contributed by atoms with Gasteiger partial charge in [0.1, 0.15) is 9.86 Å². The van der Waals surface area contributed by atoms with E-state index in [4.69, 9.17) is 0 Å². The molecule has 0 aliphatic rings. The van der Waals surface area contributed by atoms with Crippen LogP contribution in [0.2, 0.25) is 0 Å². The van der Waals surface area contributed by atoms with Crippen LogP contribution in [0.15, 0.2) is 56.9 Å². The third-order valence-electron chi connectivity index (χ3n) is 2.41. The summed E-state index contributed by atoms with van der Waals surface area (Å²) in [7, 11) is 0. The fraction of sp³-hybridized carbons (Fsp3) is 0.0769. The molecule has 0 aliphatic carbocycles. The number of hydrogen-bond acceptors (Lipinski definition) is 5. The molecule has 0 atom stereocenters. The summed E-state index contributed by atoms with van der Waals surface area (Å²) in [6.45, 7) is 0. The SMILES string of the molecule is CSc1nc(Sc2ccccc2)c2ccsc2n1. The summed E-state index contributed by atoms with van der Waals surface area (Å²) in [6.07, 6.45) is 2.01. The standard InChI is InChI=1S/C13H10N2S3/c1-16-13-14-11-10(7-8-17-11)12(15-13)18-9-5-3-2-4-6-9/h2-8H,1H3. The van der Waals surface area contributed by atoms with Crippen molar-refractivity contribution in [3.8, 4) is 0 Å². The van der Waals surface area contributed by atoms with Crippen molar-refractivity contribution in [2.24, 2.45) is 0 Å². The number of aromatic nitrogens is 2. The average molecular weight is 290 g/mol. The highest BCUT2D eigenvalue weighted by Gasteiger charge is 2.09. The van der Waals surface area contributed by atoms with Crippen LogP contribution in [0.1, 0.15) is 0 Å². The highest BCUT2D eigenvalue weighted by molar-refractivity contribution is 7.99. The van der Waals surface area contributed by atoms with Crippen LogP contribution in [0, 0.1) is 0 Å². The normalized spacial score (nSPS) is 10.9. The van der Waals surface area contributed by atoms with Crippen molar-refractivity contribution in [2.45, 2.75) is 15.1 Å². The van der Waals surface area contributed by atoms with Crippen LogP contribution < -0.4 is 0 Å². The van der Waals surface area contributed by atoms with E-state index in [2.05, 4.69) is 33.5 Å². The molecule has 0 fully saturated rings. The minimum Gasteiger partial charge on any atom is -0.215 e. The minimum atomic E-state index is 0.836. The van der Waals surface area contributed by atoms with Crippen molar-refractivity contribution in [1.82, 2.24) is 9.97 Å². The molecule has 2 heterocycles. The van der Waals surface area contributed by atoms with E-state index >= 15 is 0 Å². The predicted octanol–water partition coefficient (Wildman–Crippen LogP) is 4.56. The first-order valence-corrected chi connectivity index (χ1v) is 8.31. The zero-order valence-corrected chi connectivity index (χ0v) is 12.1. The van der Waals surface area contributed by atoms with Crippen molar-refractivity contribution in [2.75, 3.05) is 6.26 Å². The highest BCUT2D eigenvalue weighted by Crippen LogP contribution is 2.34. The molecule has 0 bridgehead atoms. The molecule has 90 valence electrons. The molecule has 0 radical (unpaired) electrons. The number of fused-ring (bicyclic) bond motifs is 1. The van der Waals surface area contributed by atoms with Gasteiger partial charge < -0.3 is 0 Å².